The maximum absolute atomic E-state index is 12.6. The average molecular weight is 329 g/mol. The minimum atomic E-state index is -0.0897. The van der Waals surface area contributed by atoms with E-state index in [2.05, 4.69) is 50.5 Å². The summed E-state index contributed by atoms with van der Waals surface area (Å²) in [6.07, 6.45) is 3.02. The minimum absolute atomic E-state index is 0.0131. The molecule has 0 saturated carbocycles. The molecule has 1 saturated heterocycles. The molecule has 0 bridgehead atoms. The van der Waals surface area contributed by atoms with Crippen molar-refractivity contribution in [2.75, 3.05) is 25.5 Å². The Morgan fingerprint density at radius 1 is 1.42 bits per heavy atom. The first kappa shape index (κ1) is 16.7. The summed E-state index contributed by atoms with van der Waals surface area (Å²) in [7, 11) is 1.67. The van der Waals surface area contributed by atoms with E-state index in [0.29, 0.717) is 6.54 Å². The van der Waals surface area contributed by atoms with Crippen LogP contribution in [0.25, 0.3) is 6.08 Å². The average Bonchev–Trinajstić information content (AvgIpc) is 2.94. The molecular weight excluding hydrogens is 302 g/mol. The molecule has 2 aliphatic heterocycles. The molecule has 1 unspecified atom stereocenters. The number of benzene rings is 1. The van der Waals surface area contributed by atoms with E-state index in [0.717, 1.165) is 30.0 Å². The van der Waals surface area contributed by atoms with Gasteiger partial charge in [-0.1, -0.05) is 26.8 Å². The topological polar surface area (TPSA) is 53.6 Å². The van der Waals surface area contributed by atoms with E-state index in [4.69, 9.17) is 4.74 Å². The van der Waals surface area contributed by atoms with Crippen molar-refractivity contribution in [3.05, 3.63) is 28.8 Å². The SMILES string of the molecule is COc1ccc(C)c2c1NC1C(=C2)CCN1C(=O)NCC(C)(C)C. The van der Waals surface area contributed by atoms with E-state index in [1.165, 1.54) is 11.1 Å². The number of rotatable bonds is 2. The zero-order valence-corrected chi connectivity index (χ0v) is 15.2. The van der Waals surface area contributed by atoms with Gasteiger partial charge in [0.15, 0.2) is 0 Å². The number of likely N-dealkylation sites (tertiary alicyclic amines) is 1. The molecule has 24 heavy (non-hydrogen) atoms. The van der Waals surface area contributed by atoms with Crippen molar-refractivity contribution in [2.45, 2.75) is 40.3 Å². The van der Waals surface area contributed by atoms with Gasteiger partial charge in [-0.3, -0.25) is 0 Å². The Hall–Kier alpha value is -2.17. The third kappa shape index (κ3) is 3.07. The van der Waals surface area contributed by atoms with Crippen molar-refractivity contribution in [1.82, 2.24) is 10.2 Å². The summed E-state index contributed by atoms with van der Waals surface area (Å²) >= 11 is 0. The van der Waals surface area contributed by atoms with E-state index in [9.17, 15) is 4.79 Å². The minimum Gasteiger partial charge on any atom is -0.495 e. The smallest absolute Gasteiger partial charge is 0.319 e. The summed E-state index contributed by atoms with van der Waals surface area (Å²) in [5.41, 5.74) is 4.67. The fraction of sp³-hybridized carbons (Fsp3) is 0.526. The highest BCUT2D eigenvalue weighted by Crippen LogP contribution is 2.40. The van der Waals surface area contributed by atoms with Crippen LogP contribution in [0.5, 0.6) is 5.75 Å². The quantitative estimate of drug-likeness (QED) is 0.871. The van der Waals surface area contributed by atoms with E-state index >= 15 is 0 Å². The number of methoxy groups -OCH3 is 1. The van der Waals surface area contributed by atoms with Gasteiger partial charge in [-0.25, -0.2) is 4.79 Å². The van der Waals surface area contributed by atoms with Crippen molar-refractivity contribution in [3.63, 3.8) is 0 Å². The molecule has 0 spiro atoms. The van der Waals surface area contributed by atoms with Gasteiger partial charge in [-0.05, 0) is 42.0 Å². The highest BCUT2D eigenvalue weighted by molar-refractivity contribution is 5.83. The van der Waals surface area contributed by atoms with Crippen LogP contribution in [0.2, 0.25) is 0 Å². The maximum Gasteiger partial charge on any atom is 0.319 e. The van der Waals surface area contributed by atoms with E-state index in [1.807, 2.05) is 11.0 Å². The Morgan fingerprint density at radius 2 is 2.17 bits per heavy atom. The Balaban J connectivity index is 1.83. The fourth-order valence-electron chi connectivity index (χ4n) is 3.23. The van der Waals surface area contributed by atoms with Crippen LogP contribution < -0.4 is 15.4 Å². The van der Waals surface area contributed by atoms with Gasteiger partial charge in [-0.2, -0.15) is 0 Å². The zero-order chi connectivity index (χ0) is 17.5. The predicted molar refractivity (Wildman–Crippen MR) is 97.3 cm³/mol. The monoisotopic (exact) mass is 329 g/mol. The van der Waals surface area contributed by atoms with Gasteiger partial charge < -0.3 is 20.3 Å². The van der Waals surface area contributed by atoms with Crippen molar-refractivity contribution >= 4 is 17.8 Å². The number of hydrogen-bond acceptors (Lipinski definition) is 3. The highest BCUT2D eigenvalue weighted by Gasteiger charge is 2.36. The van der Waals surface area contributed by atoms with E-state index in [-0.39, 0.29) is 17.6 Å². The summed E-state index contributed by atoms with van der Waals surface area (Å²) in [4.78, 5) is 14.5. The van der Waals surface area contributed by atoms with Crippen molar-refractivity contribution in [2.24, 2.45) is 5.41 Å². The highest BCUT2D eigenvalue weighted by atomic mass is 16.5. The number of anilines is 1. The lowest BCUT2D eigenvalue weighted by Crippen LogP contribution is -2.48. The van der Waals surface area contributed by atoms with Crippen LogP contribution in [0.4, 0.5) is 10.5 Å². The Labute approximate surface area is 144 Å². The first-order valence-corrected chi connectivity index (χ1v) is 8.49. The standard InChI is InChI=1S/C19H27N3O2/c1-12-6-7-15(24-5)16-14(12)10-13-8-9-22(17(13)21-16)18(23)20-11-19(2,3)4/h6-7,10,17,21H,8-9,11H2,1-5H3,(H,20,23). The van der Waals surface area contributed by atoms with Gasteiger partial charge in [0.1, 0.15) is 11.9 Å². The third-order valence-electron chi connectivity index (χ3n) is 4.59. The Morgan fingerprint density at radius 3 is 2.83 bits per heavy atom. The number of hydrogen-bond donors (Lipinski definition) is 2. The number of nitrogens with zero attached hydrogens (tertiary/aromatic N) is 1. The van der Waals surface area contributed by atoms with Gasteiger partial charge in [0.25, 0.3) is 0 Å². The molecule has 5 nitrogen and oxygen atoms in total. The number of carbonyl (C=O) groups is 1. The number of urea groups is 1. The lowest BCUT2D eigenvalue weighted by molar-refractivity contribution is 0.195. The van der Waals surface area contributed by atoms with E-state index < -0.39 is 0 Å². The van der Waals surface area contributed by atoms with Crippen molar-refractivity contribution in [1.29, 1.82) is 0 Å². The number of amides is 2. The number of ether oxygens (including phenoxy) is 1. The number of fused-ring (bicyclic) bond motifs is 2. The first-order valence-electron chi connectivity index (χ1n) is 8.49. The van der Waals surface area contributed by atoms with Gasteiger partial charge in [0.2, 0.25) is 0 Å². The number of carbonyl (C=O) groups excluding carboxylic acids is 1. The van der Waals surface area contributed by atoms with Gasteiger partial charge in [0, 0.05) is 18.7 Å². The summed E-state index contributed by atoms with van der Waals surface area (Å²) < 4.78 is 5.49. The molecule has 3 rings (SSSR count). The lowest BCUT2D eigenvalue weighted by atomic mass is 9.97. The number of aryl methyl sites for hydroxylation is 1. The molecule has 130 valence electrons. The molecule has 2 heterocycles. The molecule has 0 aromatic heterocycles. The van der Waals surface area contributed by atoms with E-state index in [1.54, 1.807) is 7.11 Å². The normalized spacial score (nSPS) is 19.1. The second-order valence-electron chi connectivity index (χ2n) is 7.80. The predicted octanol–water partition coefficient (Wildman–Crippen LogP) is 3.60. The molecule has 1 aromatic rings. The molecule has 1 fully saturated rings. The summed E-state index contributed by atoms with van der Waals surface area (Å²) in [5, 5.41) is 6.57. The summed E-state index contributed by atoms with van der Waals surface area (Å²) in [6.45, 7) is 9.84. The molecule has 2 N–H and O–H groups in total. The second kappa shape index (κ2) is 6.04. The van der Waals surface area contributed by atoms with Crippen LogP contribution in [-0.4, -0.2) is 37.3 Å². The van der Waals surface area contributed by atoms with Gasteiger partial charge in [-0.15, -0.1) is 0 Å². The van der Waals surface area contributed by atoms with Gasteiger partial charge in [0.05, 0.1) is 12.8 Å². The molecular formula is C19H27N3O2. The molecule has 0 aliphatic carbocycles. The molecule has 0 radical (unpaired) electrons. The maximum atomic E-state index is 12.6. The Kier molecular flexibility index (Phi) is 4.20. The molecule has 5 heteroatoms. The van der Waals surface area contributed by atoms with Crippen LogP contribution in [-0.2, 0) is 0 Å². The molecule has 1 aromatic carbocycles. The van der Waals surface area contributed by atoms with Crippen LogP contribution in [0, 0.1) is 12.3 Å². The largest absolute Gasteiger partial charge is 0.495 e. The molecule has 2 aliphatic rings. The second-order valence-corrected chi connectivity index (χ2v) is 7.80. The van der Waals surface area contributed by atoms with Crippen molar-refractivity contribution < 1.29 is 9.53 Å². The zero-order valence-electron chi connectivity index (χ0n) is 15.2. The first-order chi connectivity index (χ1) is 11.3. The molecule has 1 atom stereocenters. The summed E-state index contributed by atoms with van der Waals surface area (Å²) in [6, 6.07) is 4.03. The molecule has 2 amide bonds. The lowest BCUT2D eigenvalue weighted by Gasteiger charge is -2.32. The van der Waals surface area contributed by atoms with Crippen LogP contribution >= 0.6 is 0 Å². The fourth-order valence-corrected chi connectivity index (χ4v) is 3.23. The van der Waals surface area contributed by atoms with Crippen molar-refractivity contribution in [3.8, 4) is 5.75 Å². The Bertz CT molecular complexity index is 689. The third-order valence-corrected chi connectivity index (χ3v) is 4.59. The van der Waals surface area contributed by atoms with Crippen LogP contribution in [0.15, 0.2) is 17.7 Å². The van der Waals surface area contributed by atoms with Crippen LogP contribution in [0.3, 0.4) is 0 Å². The van der Waals surface area contributed by atoms with Gasteiger partial charge >= 0.3 is 6.03 Å². The number of nitrogens with one attached hydrogen (secondary N) is 2. The van der Waals surface area contributed by atoms with Crippen LogP contribution in [0.1, 0.15) is 38.3 Å². The summed E-state index contributed by atoms with van der Waals surface area (Å²) in [5.74, 6) is 0.813.